The van der Waals surface area contributed by atoms with Crippen LogP contribution in [0.15, 0.2) is 25.3 Å². The second kappa shape index (κ2) is 5.39. The number of nitrogens with zero attached hydrogens (tertiary/aromatic N) is 1. The van der Waals surface area contributed by atoms with E-state index in [0.717, 1.165) is 19.3 Å². The molecule has 1 aliphatic heterocycles. The molecule has 0 aliphatic carbocycles. The number of likely N-dealkylation sites (tertiary alicyclic amines) is 1. The molecule has 0 radical (unpaired) electrons. The molecule has 0 spiro atoms. The zero-order valence-electron chi connectivity index (χ0n) is 11.1. The summed E-state index contributed by atoms with van der Waals surface area (Å²) in [5.41, 5.74) is -0.454. The fourth-order valence-corrected chi connectivity index (χ4v) is 2.17. The second-order valence-electron chi connectivity index (χ2n) is 5.45. The summed E-state index contributed by atoms with van der Waals surface area (Å²) in [5, 5.41) is 0. The first-order chi connectivity index (χ1) is 7.89. The highest BCUT2D eigenvalue weighted by Gasteiger charge is 2.36. The maximum Gasteiger partial charge on any atom is 0.411 e. The monoisotopic (exact) mass is 237 g/mol. The third-order valence-corrected chi connectivity index (χ3v) is 2.86. The van der Waals surface area contributed by atoms with Crippen LogP contribution in [-0.2, 0) is 4.74 Å². The van der Waals surface area contributed by atoms with Gasteiger partial charge in [-0.3, -0.25) is 4.90 Å². The summed E-state index contributed by atoms with van der Waals surface area (Å²) < 4.78 is 5.44. The number of ether oxygens (including phenoxy) is 1. The van der Waals surface area contributed by atoms with Crippen molar-refractivity contribution >= 4 is 6.09 Å². The van der Waals surface area contributed by atoms with Crippen LogP contribution >= 0.6 is 0 Å². The molecule has 96 valence electrons. The van der Waals surface area contributed by atoms with Gasteiger partial charge in [-0.15, -0.1) is 13.2 Å². The Morgan fingerprint density at radius 1 is 1.41 bits per heavy atom. The summed E-state index contributed by atoms with van der Waals surface area (Å²) in [5.74, 6) is 0. The van der Waals surface area contributed by atoms with Gasteiger partial charge in [0.25, 0.3) is 0 Å². The minimum absolute atomic E-state index is 0.0924. The Bertz CT molecular complexity index is 304. The van der Waals surface area contributed by atoms with Crippen LogP contribution in [-0.4, -0.2) is 28.7 Å². The van der Waals surface area contributed by atoms with Crippen LogP contribution in [0.25, 0.3) is 0 Å². The highest BCUT2D eigenvalue weighted by atomic mass is 16.6. The molecule has 1 heterocycles. The lowest BCUT2D eigenvalue weighted by molar-refractivity contribution is 0.0183. The lowest BCUT2D eigenvalue weighted by atomic mass is 10.1. The quantitative estimate of drug-likeness (QED) is 0.703. The molecule has 1 rings (SSSR count). The minimum atomic E-state index is -0.454. The first-order valence-corrected chi connectivity index (χ1v) is 6.14. The number of rotatable bonds is 3. The Morgan fingerprint density at radius 2 is 2.06 bits per heavy atom. The molecule has 2 unspecified atom stereocenters. The molecule has 3 nitrogen and oxygen atoms in total. The van der Waals surface area contributed by atoms with Crippen LogP contribution in [0.2, 0.25) is 0 Å². The fourth-order valence-electron chi connectivity index (χ4n) is 2.17. The molecule has 0 aromatic heterocycles. The van der Waals surface area contributed by atoms with Crippen molar-refractivity contribution in [3.63, 3.8) is 0 Å². The molecule has 0 N–H and O–H groups in total. The molecule has 0 bridgehead atoms. The Balaban J connectivity index is 2.77. The Morgan fingerprint density at radius 3 is 2.53 bits per heavy atom. The van der Waals surface area contributed by atoms with Gasteiger partial charge >= 0.3 is 6.09 Å². The van der Waals surface area contributed by atoms with Crippen LogP contribution in [0.3, 0.4) is 0 Å². The summed E-state index contributed by atoms with van der Waals surface area (Å²) in [4.78, 5) is 13.9. The van der Waals surface area contributed by atoms with E-state index >= 15 is 0 Å². The zero-order chi connectivity index (χ0) is 13.1. The van der Waals surface area contributed by atoms with E-state index in [-0.39, 0.29) is 18.2 Å². The lowest BCUT2D eigenvalue weighted by Crippen LogP contribution is -2.43. The number of amides is 1. The maximum absolute atomic E-state index is 12.1. The number of hydrogen-bond acceptors (Lipinski definition) is 2. The van der Waals surface area contributed by atoms with Crippen molar-refractivity contribution in [2.24, 2.45) is 0 Å². The molecule has 1 aliphatic rings. The van der Waals surface area contributed by atoms with Gasteiger partial charge in [0, 0.05) is 6.04 Å². The molecule has 1 fully saturated rings. The smallest absolute Gasteiger partial charge is 0.411 e. The largest absolute Gasteiger partial charge is 0.444 e. The van der Waals surface area contributed by atoms with Gasteiger partial charge in [-0.1, -0.05) is 12.2 Å². The van der Waals surface area contributed by atoms with E-state index in [1.54, 1.807) is 4.90 Å². The van der Waals surface area contributed by atoms with Gasteiger partial charge < -0.3 is 4.74 Å². The Hall–Kier alpha value is -1.25. The van der Waals surface area contributed by atoms with E-state index in [1.165, 1.54) is 0 Å². The van der Waals surface area contributed by atoms with Gasteiger partial charge in [-0.2, -0.15) is 0 Å². The molecule has 0 saturated carbocycles. The number of carbonyl (C=O) groups excluding carboxylic acids is 1. The molecule has 1 amide bonds. The summed E-state index contributed by atoms with van der Waals surface area (Å²) >= 11 is 0. The molecule has 17 heavy (non-hydrogen) atoms. The van der Waals surface area contributed by atoms with Gasteiger partial charge in [-0.05, 0) is 40.0 Å². The summed E-state index contributed by atoms with van der Waals surface area (Å²) in [6.07, 6.45) is 6.19. The number of hydrogen-bond donors (Lipinski definition) is 0. The van der Waals surface area contributed by atoms with E-state index in [1.807, 2.05) is 32.9 Å². The Kier molecular flexibility index (Phi) is 4.38. The van der Waals surface area contributed by atoms with Crippen LogP contribution in [0.1, 0.15) is 40.0 Å². The second-order valence-corrected chi connectivity index (χ2v) is 5.45. The number of carbonyl (C=O) groups is 1. The van der Waals surface area contributed by atoms with Crippen LogP contribution in [0.5, 0.6) is 0 Å². The van der Waals surface area contributed by atoms with Crippen molar-refractivity contribution < 1.29 is 9.53 Å². The Labute approximate surface area is 104 Å². The molecular weight excluding hydrogens is 214 g/mol. The van der Waals surface area contributed by atoms with Gasteiger partial charge in [0.2, 0.25) is 0 Å². The first kappa shape index (κ1) is 13.8. The van der Waals surface area contributed by atoms with E-state index in [4.69, 9.17) is 4.74 Å². The molecule has 0 aromatic carbocycles. The highest BCUT2D eigenvalue weighted by molar-refractivity contribution is 5.69. The third-order valence-electron chi connectivity index (χ3n) is 2.86. The average molecular weight is 237 g/mol. The van der Waals surface area contributed by atoms with Crippen LogP contribution in [0, 0.1) is 0 Å². The predicted molar refractivity (Wildman–Crippen MR) is 69.9 cm³/mol. The van der Waals surface area contributed by atoms with E-state index < -0.39 is 5.60 Å². The van der Waals surface area contributed by atoms with E-state index in [9.17, 15) is 4.79 Å². The lowest BCUT2D eigenvalue weighted by Gasteiger charge is -2.31. The molecule has 0 aromatic rings. The SMILES string of the molecule is C=CCC1CCC(C=C)N1C(=O)OC(C)(C)C. The van der Waals surface area contributed by atoms with E-state index in [2.05, 4.69) is 13.2 Å². The van der Waals surface area contributed by atoms with Gasteiger partial charge in [0.15, 0.2) is 0 Å². The normalized spacial score (nSPS) is 24.5. The molecule has 2 atom stereocenters. The van der Waals surface area contributed by atoms with Crippen LogP contribution < -0.4 is 0 Å². The standard InChI is InChI=1S/C14H23NO2/c1-6-8-12-10-9-11(7-2)15(12)13(16)17-14(3,4)5/h6-7,11-12H,1-2,8-10H2,3-5H3. The first-order valence-electron chi connectivity index (χ1n) is 6.14. The third kappa shape index (κ3) is 3.62. The minimum Gasteiger partial charge on any atom is -0.444 e. The van der Waals surface area contributed by atoms with Crippen molar-refractivity contribution in [2.45, 2.75) is 57.7 Å². The molecule has 3 heteroatoms. The zero-order valence-corrected chi connectivity index (χ0v) is 11.1. The van der Waals surface area contributed by atoms with Crippen molar-refractivity contribution in [1.82, 2.24) is 4.90 Å². The average Bonchev–Trinajstić information content (AvgIpc) is 2.58. The van der Waals surface area contributed by atoms with Gasteiger partial charge in [0.05, 0.1) is 6.04 Å². The predicted octanol–water partition coefficient (Wildman–Crippen LogP) is 3.52. The van der Waals surface area contributed by atoms with E-state index in [0.29, 0.717) is 0 Å². The topological polar surface area (TPSA) is 29.5 Å². The van der Waals surface area contributed by atoms with Gasteiger partial charge in [-0.25, -0.2) is 4.79 Å². The van der Waals surface area contributed by atoms with Crippen molar-refractivity contribution in [1.29, 1.82) is 0 Å². The van der Waals surface area contributed by atoms with Crippen LogP contribution in [0.4, 0.5) is 4.79 Å². The van der Waals surface area contributed by atoms with Crippen molar-refractivity contribution in [2.75, 3.05) is 0 Å². The summed E-state index contributed by atoms with van der Waals surface area (Å²) in [6, 6.07) is 0.292. The van der Waals surface area contributed by atoms with Crippen molar-refractivity contribution in [3.05, 3.63) is 25.3 Å². The van der Waals surface area contributed by atoms with Crippen molar-refractivity contribution in [3.8, 4) is 0 Å². The highest BCUT2D eigenvalue weighted by Crippen LogP contribution is 2.29. The summed E-state index contributed by atoms with van der Waals surface area (Å²) in [7, 11) is 0. The summed E-state index contributed by atoms with van der Waals surface area (Å²) in [6.45, 7) is 13.2. The fraction of sp³-hybridized carbons (Fsp3) is 0.643. The van der Waals surface area contributed by atoms with Gasteiger partial charge in [0.1, 0.15) is 5.60 Å². The molecule has 1 saturated heterocycles. The maximum atomic E-state index is 12.1. The molecular formula is C14H23NO2.